The monoisotopic (exact) mass is 344 g/mol. The predicted octanol–water partition coefficient (Wildman–Crippen LogP) is 2.31. The van der Waals surface area contributed by atoms with E-state index in [0.717, 1.165) is 13.0 Å². The molecule has 1 aromatic carbocycles. The van der Waals surface area contributed by atoms with Crippen molar-refractivity contribution in [1.82, 2.24) is 4.90 Å². The lowest BCUT2D eigenvalue weighted by Crippen LogP contribution is -2.23. The largest absolute Gasteiger partial charge is 0.486 e. The average molecular weight is 345 g/mol. The van der Waals surface area contributed by atoms with E-state index in [4.69, 9.17) is 15.2 Å². The van der Waals surface area contributed by atoms with Gasteiger partial charge in [0.2, 0.25) is 0 Å². The Labute approximate surface area is 126 Å². The lowest BCUT2D eigenvalue weighted by Gasteiger charge is -2.27. The Bertz CT molecular complexity index is 526. The van der Waals surface area contributed by atoms with Gasteiger partial charge in [0.25, 0.3) is 0 Å². The molecule has 4 nitrogen and oxygen atoms in total. The van der Waals surface area contributed by atoms with Gasteiger partial charge >= 0.3 is 0 Å². The number of nitrogens with zero attached hydrogens (tertiary/aromatic N) is 1. The Kier molecular flexibility index (Phi) is 3.88. The Morgan fingerprint density at radius 2 is 2.20 bits per heavy atom. The van der Waals surface area contributed by atoms with Gasteiger partial charge in [0.05, 0.1) is 10.0 Å². The average Bonchev–Trinajstić information content (AvgIpc) is 2.81. The van der Waals surface area contributed by atoms with Crippen LogP contribution in [0.5, 0.6) is 11.5 Å². The molecule has 1 saturated heterocycles. The van der Waals surface area contributed by atoms with Gasteiger partial charge in [0.15, 0.2) is 11.5 Å². The number of fused-ring (bicyclic) bond motifs is 1. The van der Waals surface area contributed by atoms with Crippen LogP contribution in [0.25, 0.3) is 0 Å². The summed E-state index contributed by atoms with van der Waals surface area (Å²) >= 11 is 3.27. The number of nitrogens with two attached hydrogens (primary N) is 1. The zero-order valence-electron chi connectivity index (χ0n) is 11.4. The molecule has 0 radical (unpaired) electrons. The van der Waals surface area contributed by atoms with Crippen molar-refractivity contribution < 1.29 is 13.9 Å². The molecule has 0 amide bonds. The van der Waals surface area contributed by atoms with Crippen molar-refractivity contribution in [2.24, 2.45) is 11.7 Å². The highest BCUT2D eigenvalue weighted by Crippen LogP contribution is 2.47. The van der Waals surface area contributed by atoms with E-state index in [-0.39, 0.29) is 11.9 Å². The number of rotatable bonds is 2. The quantitative estimate of drug-likeness (QED) is 0.894. The van der Waals surface area contributed by atoms with Gasteiger partial charge in [-0.1, -0.05) is 0 Å². The Balaban J connectivity index is 2.06. The van der Waals surface area contributed by atoms with Gasteiger partial charge in [-0.05, 0) is 41.9 Å². The molecule has 2 unspecified atom stereocenters. The van der Waals surface area contributed by atoms with Crippen LogP contribution in [0, 0.1) is 11.7 Å². The molecular weight excluding hydrogens is 327 g/mol. The summed E-state index contributed by atoms with van der Waals surface area (Å²) < 4.78 is 26.3. The van der Waals surface area contributed by atoms with Crippen LogP contribution in [-0.4, -0.2) is 38.3 Å². The fourth-order valence-electron chi connectivity index (χ4n) is 3.07. The molecule has 2 atom stereocenters. The van der Waals surface area contributed by atoms with E-state index in [2.05, 4.69) is 20.8 Å². The molecule has 2 heterocycles. The maximum Gasteiger partial charge on any atom is 0.169 e. The van der Waals surface area contributed by atoms with Gasteiger partial charge in [-0.15, -0.1) is 0 Å². The molecule has 0 bridgehead atoms. The van der Waals surface area contributed by atoms with Crippen molar-refractivity contribution in [2.75, 3.05) is 33.4 Å². The summed E-state index contributed by atoms with van der Waals surface area (Å²) in [7, 11) is 2.00. The first-order valence-electron chi connectivity index (χ1n) is 6.79. The summed E-state index contributed by atoms with van der Waals surface area (Å²) in [6.45, 7) is 2.45. The fraction of sp³-hybridized carbons (Fsp3) is 0.571. The SMILES string of the molecule is CN1CC(CN)CC1c1c(F)c(Br)cc2c1OCCO2. The van der Waals surface area contributed by atoms with Gasteiger partial charge < -0.3 is 15.2 Å². The van der Waals surface area contributed by atoms with Gasteiger partial charge in [0.1, 0.15) is 19.0 Å². The molecular formula is C14H18BrFN2O2. The highest BCUT2D eigenvalue weighted by molar-refractivity contribution is 9.10. The minimum atomic E-state index is -0.260. The summed E-state index contributed by atoms with van der Waals surface area (Å²) in [5.41, 5.74) is 6.35. The van der Waals surface area contributed by atoms with Crippen LogP contribution >= 0.6 is 15.9 Å². The van der Waals surface area contributed by atoms with Crippen molar-refractivity contribution in [2.45, 2.75) is 12.5 Å². The Morgan fingerprint density at radius 3 is 2.90 bits per heavy atom. The number of likely N-dealkylation sites (tertiary alicyclic amines) is 1. The third-order valence-corrected chi connectivity index (χ3v) is 4.64. The van der Waals surface area contributed by atoms with E-state index >= 15 is 0 Å². The summed E-state index contributed by atoms with van der Waals surface area (Å²) in [5, 5.41) is 0. The molecule has 0 saturated carbocycles. The van der Waals surface area contributed by atoms with Gasteiger partial charge in [0, 0.05) is 18.7 Å². The summed E-state index contributed by atoms with van der Waals surface area (Å²) in [6, 6.07) is 1.62. The fourth-order valence-corrected chi connectivity index (χ4v) is 3.49. The van der Waals surface area contributed by atoms with E-state index in [9.17, 15) is 4.39 Å². The molecule has 110 valence electrons. The highest BCUT2D eigenvalue weighted by Gasteiger charge is 2.36. The first-order valence-corrected chi connectivity index (χ1v) is 7.59. The van der Waals surface area contributed by atoms with Crippen LogP contribution in [0.4, 0.5) is 4.39 Å². The standard InChI is InChI=1S/C14H18BrFN2O2/c1-18-7-8(6-17)4-10(18)12-13(16)9(15)5-11-14(12)20-3-2-19-11/h5,8,10H,2-4,6-7,17H2,1H3. The highest BCUT2D eigenvalue weighted by atomic mass is 79.9. The third-order valence-electron chi connectivity index (χ3n) is 4.06. The van der Waals surface area contributed by atoms with E-state index in [1.165, 1.54) is 0 Å². The molecule has 6 heteroatoms. The van der Waals surface area contributed by atoms with Gasteiger partial charge in [-0.2, -0.15) is 0 Å². The number of hydrogen-bond acceptors (Lipinski definition) is 4. The second kappa shape index (κ2) is 5.50. The molecule has 3 rings (SSSR count). The molecule has 0 aliphatic carbocycles. The zero-order chi connectivity index (χ0) is 14.3. The van der Waals surface area contributed by atoms with Gasteiger partial charge in [-0.25, -0.2) is 4.39 Å². The van der Waals surface area contributed by atoms with Crippen molar-refractivity contribution >= 4 is 15.9 Å². The van der Waals surface area contributed by atoms with Crippen molar-refractivity contribution in [3.8, 4) is 11.5 Å². The minimum absolute atomic E-state index is 0.0171. The number of benzene rings is 1. The first-order chi connectivity index (χ1) is 9.61. The molecule has 1 fully saturated rings. The molecule has 2 N–H and O–H groups in total. The first kappa shape index (κ1) is 14.1. The van der Waals surface area contributed by atoms with Crippen molar-refractivity contribution in [3.05, 3.63) is 21.9 Å². The Hall–Kier alpha value is -0.850. The smallest absolute Gasteiger partial charge is 0.169 e. The topological polar surface area (TPSA) is 47.7 Å². The maximum absolute atomic E-state index is 14.6. The molecule has 0 spiro atoms. The van der Waals surface area contributed by atoms with E-state index in [1.54, 1.807) is 6.07 Å². The van der Waals surface area contributed by atoms with Crippen LogP contribution in [0.3, 0.4) is 0 Å². The molecule has 2 aliphatic rings. The van der Waals surface area contributed by atoms with Crippen LogP contribution < -0.4 is 15.2 Å². The zero-order valence-corrected chi connectivity index (χ0v) is 13.0. The Morgan fingerprint density at radius 1 is 1.45 bits per heavy atom. The van der Waals surface area contributed by atoms with Crippen molar-refractivity contribution in [1.29, 1.82) is 0 Å². The molecule has 0 aromatic heterocycles. The molecule has 2 aliphatic heterocycles. The van der Waals surface area contributed by atoms with Crippen molar-refractivity contribution in [3.63, 3.8) is 0 Å². The predicted molar refractivity (Wildman–Crippen MR) is 77.6 cm³/mol. The van der Waals surface area contributed by atoms with E-state index < -0.39 is 0 Å². The summed E-state index contributed by atoms with van der Waals surface area (Å²) in [5.74, 6) is 1.29. The molecule has 20 heavy (non-hydrogen) atoms. The second-order valence-electron chi connectivity index (χ2n) is 5.40. The van der Waals surface area contributed by atoms with Crippen LogP contribution in [0.2, 0.25) is 0 Å². The number of hydrogen-bond donors (Lipinski definition) is 1. The molecule has 1 aromatic rings. The lowest BCUT2D eigenvalue weighted by atomic mass is 9.98. The third kappa shape index (κ3) is 2.29. The van der Waals surface area contributed by atoms with E-state index in [0.29, 0.717) is 47.2 Å². The maximum atomic E-state index is 14.6. The van der Waals surface area contributed by atoms with Crippen LogP contribution in [0.15, 0.2) is 10.5 Å². The lowest BCUT2D eigenvalue weighted by molar-refractivity contribution is 0.164. The minimum Gasteiger partial charge on any atom is -0.486 e. The second-order valence-corrected chi connectivity index (χ2v) is 6.26. The normalized spacial score (nSPS) is 26.0. The van der Waals surface area contributed by atoms with Crippen LogP contribution in [0.1, 0.15) is 18.0 Å². The van der Waals surface area contributed by atoms with E-state index in [1.807, 2.05) is 7.05 Å². The summed E-state index contributed by atoms with van der Waals surface area (Å²) in [4.78, 5) is 2.14. The van der Waals surface area contributed by atoms with Gasteiger partial charge in [-0.3, -0.25) is 4.90 Å². The van der Waals surface area contributed by atoms with Crippen LogP contribution in [-0.2, 0) is 0 Å². The summed E-state index contributed by atoms with van der Waals surface area (Å²) in [6.07, 6.45) is 0.843. The number of ether oxygens (including phenoxy) is 2. The number of halogens is 2.